The number of halogens is 1. The number of aromatic nitrogens is 2. The van der Waals surface area contributed by atoms with Gasteiger partial charge in [0.15, 0.2) is 0 Å². The molecule has 0 spiro atoms. The van der Waals surface area contributed by atoms with Crippen LogP contribution in [0.4, 0.5) is 9.18 Å². The van der Waals surface area contributed by atoms with E-state index in [1.807, 2.05) is 6.07 Å². The van der Waals surface area contributed by atoms with Crippen LogP contribution < -0.4 is 10.1 Å². The highest BCUT2D eigenvalue weighted by atomic mass is 19.1. The second kappa shape index (κ2) is 8.08. The number of carboxylic acid groups (broad SMARTS) is 1. The van der Waals surface area contributed by atoms with Gasteiger partial charge in [0.2, 0.25) is 0 Å². The third-order valence-corrected chi connectivity index (χ3v) is 5.42. The summed E-state index contributed by atoms with van der Waals surface area (Å²) in [6, 6.07) is 8.45. The Bertz CT molecular complexity index is 1040. The number of hydrogen-bond acceptors (Lipinski definition) is 4. The van der Waals surface area contributed by atoms with Crippen LogP contribution in [-0.2, 0) is 0 Å². The number of carbonyl (C=O) groups is 1. The molecule has 29 heavy (non-hydrogen) atoms. The number of pyridine rings is 1. The first kappa shape index (κ1) is 19.2. The molecule has 3 N–H and O–H groups in total. The van der Waals surface area contributed by atoms with Crippen LogP contribution >= 0.6 is 0 Å². The Morgan fingerprint density at radius 1 is 1.38 bits per heavy atom. The van der Waals surface area contributed by atoms with E-state index in [0.29, 0.717) is 30.3 Å². The van der Waals surface area contributed by atoms with Gasteiger partial charge in [-0.3, -0.25) is 0 Å². The Morgan fingerprint density at radius 2 is 2.24 bits per heavy atom. The van der Waals surface area contributed by atoms with Crippen LogP contribution in [0.1, 0.15) is 18.0 Å². The molecular formula is C21H23FN4O3. The number of benzene rings is 1. The van der Waals surface area contributed by atoms with Crippen molar-refractivity contribution in [3.63, 3.8) is 0 Å². The molecule has 7 nitrogen and oxygen atoms in total. The van der Waals surface area contributed by atoms with E-state index in [4.69, 9.17) is 9.84 Å². The highest BCUT2D eigenvalue weighted by Gasteiger charge is 2.25. The van der Waals surface area contributed by atoms with Crippen molar-refractivity contribution >= 4 is 17.1 Å². The normalized spacial score (nSPS) is 17.0. The summed E-state index contributed by atoms with van der Waals surface area (Å²) in [4.78, 5) is 20.7. The third kappa shape index (κ3) is 4.02. The summed E-state index contributed by atoms with van der Waals surface area (Å²) in [6.45, 7) is 2.87. The maximum atomic E-state index is 13.9. The molecule has 3 heterocycles. The van der Waals surface area contributed by atoms with Crippen molar-refractivity contribution in [1.29, 1.82) is 0 Å². The average molecular weight is 398 g/mol. The van der Waals surface area contributed by atoms with Crippen LogP contribution in [-0.4, -0.2) is 59.4 Å². The summed E-state index contributed by atoms with van der Waals surface area (Å²) in [7, 11) is 1.57. The lowest BCUT2D eigenvalue weighted by Gasteiger charge is -2.15. The van der Waals surface area contributed by atoms with Crippen LogP contribution in [0.25, 0.3) is 22.2 Å². The number of methoxy groups -OCH3 is 1. The Morgan fingerprint density at radius 3 is 3.03 bits per heavy atom. The predicted octanol–water partition coefficient (Wildman–Crippen LogP) is 3.43. The fourth-order valence-corrected chi connectivity index (χ4v) is 4.00. The fraction of sp³-hybridized carbons (Fsp3) is 0.333. The SMILES string of the molecule is COc1ccc(F)cc1-c1ccnc2[nH]c(C3CCN(CCNC(=O)O)C3)cc12. The summed E-state index contributed by atoms with van der Waals surface area (Å²) in [6.07, 6.45) is 1.70. The molecule has 1 fully saturated rings. The van der Waals surface area contributed by atoms with Crippen molar-refractivity contribution in [3.05, 3.63) is 48.0 Å². The Kier molecular flexibility index (Phi) is 5.35. The van der Waals surface area contributed by atoms with E-state index in [2.05, 4.69) is 26.3 Å². The largest absolute Gasteiger partial charge is 0.496 e. The molecular weight excluding hydrogens is 375 g/mol. The van der Waals surface area contributed by atoms with Gasteiger partial charge in [0, 0.05) is 48.4 Å². The molecule has 2 aromatic heterocycles. The fourth-order valence-electron chi connectivity index (χ4n) is 4.00. The van der Waals surface area contributed by atoms with Crippen LogP contribution in [0.5, 0.6) is 5.75 Å². The van der Waals surface area contributed by atoms with Crippen LogP contribution in [0, 0.1) is 5.82 Å². The van der Waals surface area contributed by atoms with Gasteiger partial charge < -0.3 is 25.0 Å². The van der Waals surface area contributed by atoms with E-state index in [0.717, 1.165) is 41.8 Å². The van der Waals surface area contributed by atoms with E-state index < -0.39 is 6.09 Å². The van der Waals surface area contributed by atoms with Crippen molar-refractivity contribution in [3.8, 4) is 16.9 Å². The minimum atomic E-state index is -0.997. The van der Waals surface area contributed by atoms with Crippen LogP contribution in [0.2, 0.25) is 0 Å². The van der Waals surface area contributed by atoms with Crippen molar-refractivity contribution in [2.24, 2.45) is 0 Å². The van der Waals surface area contributed by atoms with Crippen LogP contribution in [0.3, 0.4) is 0 Å². The van der Waals surface area contributed by atoms with Gasteiger partial charge in [0.05, 0.1) is 7.11 Å². The number of fused-ring (bicyclic) bond motifs is 1. The number of likely N-dealkylation sites (tertiary alicyclic amines) is 1. The van der Waals surface area contributed by atoms with E-state index in [9.17, 15) is 9.18 Å². The summed E-state index contributed by atoms with van der Waals surface area (Å²) >= 11 is 0. The molecule has 0 bridgehead atoms. The molecule has 1 amide bonds. The van der Waals surface area contributed by atoms with E-state index in [1.54, 1.807) is 19.4 Å². The zero-order valence-corrected chi connectivity index (χ0v) is 16.1. The van der Waals surface area contributed by atoms with Gasteiger partial charge in [0.25, 0.3) is 0 Å². The molecule has 0 aliphatic carbocycles. The number of amides is 1. The van der Waals surface area contributed by atoms with Crippen LogP contribution in [0.15, 0.2) is 36.5 Å². The topological polar surface area (TPSA) is 90.5 Å². The number of hydrogen-bond donors (Lipinski definition) is 3. The zero-order valence-electron chi connectivity index (χ0n) is 16.1. The van der Waals surface area contributed by atoms with Gasteiger partial charge in [-0.1, -0.05) is 0 Å². The lowest BCUT2D eigenvalue weighted by molar-refractivity contribution is 0.192. The first-order valence-electron chi connectivity index (χ1n) is 9.56. The number of rotatable bonds is 6. The van der Waals surface area contributed by atoms with Gasteiger partial charge in [-0.2, -0.15) is 0 Å². The van der Waals surface area contributed by atoms with Gasteiger partial charge >= 0.3 is 6.09 Å². The number of aromatic amines is 1. The molecule has 0 radical (unpaired) electrons. The number of ether oxygens (including phenoxy) is 1. The maximum absolute atomic E-state index is 13.9. The van der Waals surface area contributed by atoms with Gasteiger partial charge in [0.1, 0.15) is 17.2 Å². The standard InChI is InChI=1S/C21H23FN4O3/c1-29-19-3-2-14(22)10-16(19)15-4-6-23-20-17(15)11-18(25-20)13-5-8-26(12-13)9-7-24-21(27)28/h2-4,6,10-11,13,24H,5,7-9,12H2,1H3,(H,23,25)(H,27,28). The average Bonchev–Trinajstić information content (AvgIpc) is 3.34. The molecule has 1 atom stereocenters. The van der Waals surface area contributed by atoms with E-state index in [1.165, 1.54) is 12.1 Å². The van der Waals surface area contributed by atoms with Crippen molar-refractivity contribution < 1.29 is 19.0 Å². The number of nitrogens with zero attached hydrogens (tertiary/aromatic N) is 2. The molecule has 152 valence electrons. The molecule has 0 saturated carbocycles. The number of H-pyrrole nitrogens is 1. The summed E-state index contributed by atoms with van der Waals surface area (Å²) < 4.78 is 19.3. The summed E-state index contributed by atoms with van der Waals surface area (Å²) in [5, 5.41) is 12.0. The minimum absolute atomic E-state index is 0.316. The number of nitrogens with one attached hydrogen (secondary N) is 2. The molecule has 1 aliphatic rings. The van der Waals surface area contributed by atoms with Gasteiger partial charge in [-0.05, 0) is 48.9 Å². The first-order chi connectivity index (χ1) is 14.0. The second-order valence-electron chi connectivity index (χ2n) is 7.21. The lowest BCUT2D eigenvalue weighted by atomic mass is 10.0. The highest BCUT2D eigenvalue weighted by molar-refractivity contribution is 5.95. The molecule has 3 aromatic rings. The Hall–Kier alpha value is -3.13. The molecule has 8 heteroatoms. The van der Waals surface area contributed by atoms with Crippen molar-refractivity contribution in [2.75, 3.05) is 33.3 Å². The molecule has 1 saturated heterocycles. The highest BCUT2D eigenvalue weighted by Crippen LogP contribution is 2.37. The van der Waals surface area contributed by atoms with E-state index in [-0.39, 0.29) is 5.82 Å². The monoisotopic (exact) mass is 398 g/mol. The molecule has 4 rings (SSSR count). The van der Waals surface area contributed by atoms with Gasteiger partial charge in [-0.25, -0.2) is 14.2 Å². The zero-order chi connectivity index (χ0) is 20.4. The first-order valence-corrected chi connectivity index (χ1v) is 9.56. The molecule has 1 aromatic carbocycles. The Labute approximate surface area is 167 Å². The van der Waals surface area contributed by atoms with Crippen molar-refractivity contribution in [2.45, 2.75) is 12.3 Å². The summed E-state index contributed by atoms with van der Waals surface area (Å²) in [5.41, 5.74) is 3.41. The Balaban J connectivity index is 1.59. The minimum Gasteiger partial charge on any atom is -0.496 e. The maximum Gasteiger partial charge on any atom is 0.404 e. The molecule has 1 unspecified atom stereocenters. The second-order valence-corrected chi connectivity index (χ2v) is 7.21. The lowest BCUT2D eigenvalue weighted by Crippen LogP contribution is -2.32. The van der Waals surface area contributed by atoms with Crippen molar-refractivity contribution in [1.82, 2.24) is 20.2 Å². The molecule has 1 aliphatic heterocycles. The third-order valence-electron chi connectivity index (χ3n) is 5.42. The van der Waals surface area contributed by atoms with Gasteiger partial charge in [-0.15, -0.1) is 0 Å². The predicted molar refractivity (Wildman–Crippen MR) is 108 cm³/mol. The quantitative estimate of drug-likeness (QED) is 0.592. The smallest absolute Gasteiger partial charge is 0.404 e. The summed E-state index contributed by atoms with van der Waals surface area (Å²) in [5.74, 6) is 0.610. The van der Waals surface area contributed by atoms with E-state index >= 15 is 0 Å².